The maximum absolute atomic E-state index is 12.6. The van der Waals surface area contributed by atoms with Gasteiger partial charge in [-0.05, 0) is 44.1 Å². The zero-order valence-corrected chi connectivity index (χ0v) is 17.8. The Morgan fingerprint density at radius 1 is 1.08 bits per heavy atom. The molecule has 5 nitrogen and oxygen atoms in total. The number of rotatable bonds is 8. The topological polar surface area (TPSA) is 61.4 Å². The number of amides is 2. The summed E-state index contributed by atoms with van der Waals surface area (Å²) in [6, 6.07) is 4.22. The van der Waals surface area contributed by atoms with Gasteiger partial charge in [-0.3, -0.25) is 9.59 Å². The van der Waals surface area contributed by atoms with E-state index in [-0.39, 0.29) is 22.9 Å². The van der Waals surface area contributed by atoms with Gasteiger partial charge >= 0.3 is 0 Å². The van der Waals surface area contributed by atoms with E-state index in [4.69, 9.17) is 23.2 Å². The van der Waals surface area contributed by atoms with E-state index in [0.717, 1.165) is 0 Å². The van der Waals surface area contributed by atoms with Gasteiger partial charge in [-0.1, -0.05) is 50.9 Å². The van der Waals surface area contributed by atoms with Crippen LogP contribution in [-0.2, 0) is 4.79 Å². The molecule has 0 saturated heterocycles. The van der Waals surface area contributed by atoms with Crippen LogP contribution < -0.4 is 10.6 Å². The summed E-state index contributed by atoms with van der Waals surface area (Å²) in [6.45, 7) is 8.52. The van der Waals surface area contributed by atoms with Gasteiger partial charge in [0.1, 0.15) is 6.04 Å². The number of carbonyl (C=O) groups is 2. The monoisotopic (exact) mass is 401 g/mol. The van der Waals surface area contributed by atoms with Crippen molar-refractivity contribution in [3.63, 3.8) is 0 Å². The number of likely N-dealkylation sites (N-methyl/N-ethyl adjacent to an activating group) is 1. The molecule has 1 rings (SSSR count). The minimum atomic E-state index is -0.649. The Hall–Kier alpha value is -1.30. The lowest BCUT2D eigenvalue weighted by Gasteiger charge is -2.29. The minimum Gasteiger partial charge on any atom is -0.353 e. The summed E-state index contributed by atoms with van der Waals surface area (Å²) in [4.78, 5) is 27.3. The molecule has 0 unspecified atom stereocenters. The summed E-state index contributed by atoms with van der Waals surface area (Å²) < 4.78 is 0. The number of hydrogen-bond donors (Lipinski definition) is 2. The Kier molecular flexibility index (Phi) is 8.87. The summed E-state index contributed by atoms with van der Waals surface area (Å²) in [5.41, 5.74) is 0.294. The smallest absolute Gasteiger partial charge is 0.253 e. The van der Waals surface area contributed by atoms with E-state index in [0.29, 0.717) is 23.0 Å². The normalized spacial score (nSPS) is 13.8. The molecule has 2 N–H and O–H groups in total. The molecule has 0 heterocycles. The van der Waals surface area contributed by atoms with E-state index >= 15 is 0 Å². The number of nitrogens with zero attached hydrogens (tertiary/aromatic N) is 1. The van der Waals surface area contributed by atoms with Crippen molar-refractivity contribution >= 4 is 35.0 Å². The van der Waals surface area contributed by atoms with Crippen LogP contribution in [0.3, 0.4) is 0 Å². The molecule has 0 radical (unpaired) electrons. The average Bonchev–Trinajstić information content (AvgIpc) is 2.51. The highest BCUT2D eigenvalue weighted by atomic mass is 35.5. The predicted molar refractivity (Wildman–Crippen MR) is 108 cm³/mol. The van der Waals surface area contributed by atoms with Gasteiger partial charge < -0.3 is 15.5 Å². The van der Waals surface area contributed by atoms with Crippen LogP contribution in [0.5, 0.6) is 0 Å². The van der Waals surface area contributed by atoms with Gasteiger partial charge in [0.05, 0.1) is 10.6 Å². The highest BCUT2D eigenvalue weighted by Gasteiger charge is 2.26. The Labute approximate surface area is 166 Å². The van der Waals surface area contributed by atoms with Gasteiger partial charge in [0, 0.05) is 17.6 Å². The second-order valence-corrected chi connectivity index (χ2v) is 8.18. The molecule has 0 aromatic heterocycles. The maximum Gasteiger partial charge on any atom is 0.253 e. The lowest BCUT2D eigenvalue weighted by molar-refractivity contribution is -0.124. The van der Waals surface area contributed by atoms with Gasteiger partial charge in [0.2, 0.25) is 5.91 Å². The Morgan fingerprint density at radius 3 is 2.15 bits per heavy atom. The molecule has 0 fully saturated rings. The van der Waals surface area contributed by atoms with Crippen molar-refractivity contribution in [2.75, 3.05) is 20.6 Å². The first kappa shape index (κ1) is 22.7. The fourth-order valence-electron chi connectivity index (χ4n) is 2.76. The molecule has 0 aliphatic carbocycles. The van der Waals surface area contributed by atoms with E-state index in [1.54, 1.807) is 12.1 Å². The highest BCUT2D eigenvalue weighted by molar-refractivity contribution is 6.36. The van der Waals surface area contributed by atoms with Crippen molar-refractivity contribution in [1.29, 1.82) is 0 Å². The molecule has 26 heavy (non-hydrogen) atoms. The summed E-state index contributed by atoms with van der Waals surface area (Å²) in [6.07, 6.45) is 0. The summed E-state index contributed by atoms with van der Waals surface area (Å²) in [5, 5.41) is 6.45. The number of nitrogens with one attached hydrogen (secondary N) is 2. The van der Waals surface area contributed by atoms with Crippen LogP contribution in [0, 0.1) is 11.8 Å². The van der Waals surface area contributed by atoms with Gasteiger partial charge in [0.15, 0.2) is 0 Å². The molecule has 0 saturated carbocycles. The van der Waals surface area contributed by atoms with E-state index in [2.05, 4.69) is 29.4 Å². The van der Waals surface area contributed by atoms with Crippen molar-refractivity contribution < 1.29 is 9.59 Å². The highest BCUT2D eigenvalue weighted by Crippen LogP contribution is 2.21. The van der Waals surface area contributed by atoms with Gasteiger partial charge in [0.25, 0.3) is 5.91 Å². The zero-order chi connectivity index (χ0) is 20.0. The molecule has 0 bridgehead atoms. The van der Waals surface area contributed by atoms with E-state index in [9.17, 15) is 9.59 Å². The fourth-order valence-corrected chi connectivity index (χ4v) is 3.25. The van der Waals surface area contributed by atoms with E-state index in [1.807, 2.05) is 27.9 Å². The van der Waals surface area contributed by atoms with Crippen LogP contribution >= 0.6 is 23.2 Å². The van der Waals surface area contributed by atoms with Crippen molar-refractivity contribution in [2.24, 2.45) is 11.8 Å². The molecular formula is C19H29Cl2N3O2. The first-order chi connectivity index (χ1) is 12.0. The maximum atomic E-state index is 12.6. The predicted octanol–water partition coefficient (Wildman–Crippen LogP) is 3.45. The van der Waals surface area contributed by atoms with Crippen LogP contribution in [0.2, 0.25) is 10.0 Å². The minimum absolute atomic E-state index is 0.0677. The third kappa shape index (κ3) is 6.45. The Balaban J connectivity index is 2.81. The van der Waals surface area contributed by atoms with Crippen molar-refractivity contribution in [3.05, 3.63) is 33.8 Å². The third-order valence-electron chi connectivity index (χ3n) is 4.33. The molecule has 7 heteroatoms. The van der Waals surface area contributed by atoms with Crippen LogP contribution in [0.25, 0.3) is 0 Å². The average molecular weight is 402 g/mol. The largest absolute Gasteiger partial charge is 0.353 e. The standard InChI is InChI=1S/C19H29Cl2N3O2/c1-11(2)16(24(5)6)10-22-19(26)17(12(3)4)23-18(25)14-8-7-13(20)9-15(14)21/h7-9,11-12,16-17H,10H2,1-6H3,(H,22,26)(H,23,25)/t16-,17-/m1/s1. The van der Waals surface area contributed by atoms with Crippen LogP contribution in [0.1, 0.15) is 38.1 Å². The molecule has 146 valence electrons. The number of halogens is 2. The second-order valence-electron chi connectivity index (χ2n) is 7.34. The summed E-state index contributed by atoms with van der Waals surface area (Å²) in [7, 11) is 3.97. The van der Waals surface area contributed by atoms with Crippen molar-refractivity contribution in [1.82, 2.24) is 15.5 Å². The molecule has 1 aromatic rings. The first-order valence-electron chi connectivity index (χ1n) is 8.74. The zero-order valence-electron chi connectivity index (χ0n) is 16.3. The van der Waals surface area contributed by atoms with Crippen LogP contribution in [0.15, 0.2) is 18.2 Å². The van der Waals surface area contributed by atoms with Crippen molar-refractivity contribution in [2.45, 2.75) is 39.8 Å². The Bertz CT molecular complexity index is 625. The quantitative estimate of drug-likeness (QED) is 0.700. The first-order valence-corrected chi connectivity index (χ1v) is 9.50. The lowest BCUT2D eigenvalue weighted by Crippen LogP contribution is -2.52. The summed E-state index contributed by atoms with van der Waals surface area (Å²) in [5.74, 6) is -0.272. The van der Waals surface area contributed by atoms with Crippen molar-refractivity contribution in [3.8, 4) is 0 Å². The molecular weight excluding hydrogens is 373 g/mol. The second kappa shape index (κ2) is 10.1. The molecule has 2 amide bonds. The molecule has 1 aromatic carbocycles. The molecule has 2 atom stereocenters. The van der Waals surface area contributed by atoms with Gasteiger partial charge in [-0.15, -0.1) is 0 Å². The molecule has 0 spiro atoms. The summed E-state index contributed by atoms with van der Waals surface area (Å²) >= 11 is 12.0. The number of carbonyl (C=O) groups excluding carboxylic acids is 2. The van der Waals surface area contributed by atoms with E-state index < -0.39 is 11.9 Å². The Morgan fingerprint density at radius 2 is 1.69 bits per heavy atom. The van der Waals surface area contributed by atoms with Gasteiger partial charge in [-0.2, -0.15) is 0 Å². The van der Waals surface area contributed by atoms with Crippen LogP contribution in [-0.4, -0.2) is 49.4 Å². The fraction of sp³-hybridized carbons (Fsp3) is 0.579. The SMILES string of the molecule is CC(C)[C@@H](CNC(=O)[C@H](NC(=O)c1ccc(Cl)cc1Cl)C(C)C)N(C)C. The van der Waals surface area contributed by atoms with Gasteiger partial charge in [-0.25, -0.2) is 0 Å². The molecule has 0 aliphatic rings. The lowest BCUT2D eigenvalue weighted by atomic mass is 10.0. The van der Waals surface area contributed by atoms with Crippen LogP contribution in [0.4, 0.5) is 0 Å². The number of hydrogen-bond acceptors (Lipinski definition) is 3. The number of benzene rings is 1. The van der Waals surface area contributed by atoms with E-state index in [1.165, 1.54) is 6.07 Å². The third-order valence-corrected chi connectivity index (χ3v) is 4.88. The molecule has 0 aliphatic heterocycles.